The van der Waals surface area contributed by atoms with Crippen LogP contribution in [0.2, 0.25) is 5.02 Å². The van der Waals surface area contributed by atoms with Gasteiger partial charge in [-0.3, -0.25) is 9.59 Å². The molecule has 1 amide bonds. The quantitative estimate of drug-likeness (QED) is 0.801. The lowest BCUT2D eigenvalue weighted by Crippen LogP contribution is -2.36. The van der Waals surface area contributed by atoms with Gasteiger partial charge in [0.15, 0.2) is 17.7 Å². The van der Waals surface area contributed by atoms with E-state index < -0.39 is 35.5 Å². The highest BCUT2D eigenvalue weighted by Gasteiger charge is 2.30. The van der Waals surface area contributed by atoms with Gasteiger partial charge >= 0.3 is 5.97 Å². The maximum absolute atomic E-state index is 13.2. The van der Waals surface area contributed by atoms with Crippen LogP contribution in [0, 0.1) is 17.6 Å². The first-order valence-electron chi connectivity index (χ1n) is 8.21. The van der Waals surface area contributed by atoms with E-state index in [4.69, 9.17) is 21.1 Å². The van der Waals surface area contributed by atoms with Crippen LogP contribution in [0.3, 0.4) is 0 Å². The molecule has 8 heteroatoms. The third kappa shape index (κ3) is 4.54. The minimum atomic E-state index is -1.12. The second kappa shape index (κ2) is 7.92. The first kappa shape index (κ1) is 19.1. The van der Waals surface area contributed by atoms with E-state index in [2.05, 4.69) is 5.32 Å². The first-order valence-corrected chi connectivity index (χ1v) is 8.59. The van der Waals surface area contributed by atoms with Crippen LogP contribution in [0.4, 0.5) is 14.5 Å². The lowest BCUT2D eigenvalue weighted by atomic mass is 9.97. The van der Waals surface area contributed by atoms with Gasteiger partial charge in [0.1, 0.15) is 12.4 Å². The summed E-state index contributed by atoms with van der Waals surface area (Å²) in [6, 6.07) is 8.10. The van der Waals surface area contributed by atoms with Crippen LogP contribution in [0.15, 0.2) is 36.4 Å². The summed E-state index contributed by atoms with van der Waals surface area (Å²) < 4.78 is 36.9. The number of hydrogen-bond acceptors (Lipinski definition) is 4. The maximum Gasteiger partial charge on any atom is 0.313 e. The Morgan fingerprint density at radius 1 is 1.22 bits per heavy atom. The van der Waals surface area contributed by atoms with Crippen LogP contribution in [0.25, 0.3) is 0 Å². The third-order valence-electron chi connectivity index (χ3n) is 4.11. The molecule has 3 rings (SSSR count). The Hall–Kier alpha value is -2.67. The average Bonchev–Trinajstić information content (AvgIpc) is 2.64. The number of nitrogens with one attached hydrogen (secondary N) is 1. The Morgan fingerprint density at radius 2 is 2.00 bits per heavy atom. The molecule has 1 aliphatic heterocycles. The summed E-state index contributed by atoms with van der Waals surface area (Å²) in [7, 11) is 0. The number of rotatable bonds is 4. The van der Waals surface area contributed by atoms with E-state index in [1.165, 1.54) is 13.0 Å². The minimum absolute atomic E-state index is 0.0615. The van der Waals surface area contributed by atoms with E-state index in [0.717, 1.165) is 17.7 Å². The molecule has 2 aromatic carbocycles. The van der Waals surface area contributed by atoms with Crippen molar-refractivity contribution in [1.29, 1.82) is 0 Å². The van der Waals surface area contributed by atoms with Gasteiger partial charge < -0.3 is 14.8 Å². The topological polar surface area (TPSA) is 64.6 Å². The fraction of sp³-hybridized carbons (Fsp3) is 0.263. The zero-order chi connectivity index (χ0) is 19.6. The minimum Gasteiger partial charge on any atom is -0.492 e. The van der Waals surface area contributed by atoms with Crippen LogP contribution < -0.4 is 10.1 Å². The summed E-state index contributed by atoms with van der Waals surface area (Å²) in [5.74, 6) is -3.27. The van der Waals surface area contributed by atoms with E-state index in [0.29, 0.717) is 17.2 Å². The van der Waals surface area contributed by atoms with Crippen LogP contribution in [0.1, 0.15) is 12.5 Å². The van der Waals surface area contributed by atoms with Gasteiger partial charge in [-0.15, -0.1) is 0 Å². The lowest BCUT2D eigenvalue weighted by Gasteiger charge is -2.25. The maximum atomic E-state index is 13.2. The van der Waals surface area contributed by atoms with Crippen LogP contribution in [-0.2, 0) is 20.7 Å². The first-order chi connectivity index (χ1) is 12.8. The smallest absolute Gasteiger partial charge is 0.313 e. The number of carbonyl (C=O) groups is 2. The van der Waals surface area contributed by atoms with E-state index in [-0.39, 0.29) is 12.3 Å². The van der Waals surface area contributed by atoms with Gasteiger partial charge in [-0.1, -0.05) is 11.6 Å². The zero-order valence-electron chi connectivity index (χ0n) is 14.3. The van der Waals surface area contributed by atoms with Crippen molar-refractivity contribution in [2.45, 2.75) is 19.4 Å². The van der Waals surface area contributed by atoms with Gasteiger partial charge in [-0.25, -0.2) is 8.78 Å². The number of esters is 1. The Bertz CT molecular complexity index is 890. The highest BCUT2D eigenvalue weighted by molar-refractivity contribution is 6.30. The van der Waals surface area contributed by atoms with Crippen molar-refractivity contribution in [3.05, 3.63) is 58.6 Å². The number of carbonyl (C=O) groups excluding carboxylic acids is 2. The number of hydrogen-bond donors (Lipinski definition) is 1. The molecule has 0 saturated carbocycles. The molecule has 0 aromatic heterocycles. The molecule has 0 radical (unpaired) electrons. The summed E-state index contributed by atoms with van der Waals surface area (Å²) >= 11 is 5.95. The van der Waals surface area contributed by atoms with Crippen molar-refractivity contribution in [2.75, 3.05) is 11.9 Å². The molecule has 5 nitrogen and oxygen atoms in total. The van der Waals surface area contributed by atoms with Crippen LogP contribution in [0.5, 0.6) is 5.75 Å². The van der Waals surface area contributed by atoms with Crippen LogP contribution >= 0.6 is 11.6 Å². The van der Waals surface area contributed by atoms with Gasteiger partial charge in [-0.05, 0) is 49.2 Å². The van der Waals surface area contributed by atoms with Crippen molar-refractivity contribution in [3.63, 3.8) is 0 Å². The van der Waals surface area contributed by atoms with E-state index >= 15 is 0 Å². The molecule has 0 aliphatic carbocycles. The molecule has 1 heterocycles. The molecular weight excluding hydrogens is 380 g/mol. The predicted molar refractivity (Wildman–Crippen MR) is 94.7 cm³/mol. The molecule has 0 bridgehead atoms. The average molecular weight is 396 g/mol. The molecule has 0 unspecified atom stereocenters. The molecule has 2 aromatic rings. The van der Waals surface area contributed by atoms with Crippen LogP contribution in [-0.4, -0.2) is 24.6 Å². The highest BCUT2D eigenvalue weighted by Crippen LogP contribution is 2.30. The van der Waals surface area contributed by atoms with Gasteiger partial charge in [0.2, 0.25) is 0 Å². The van der Waals surface area contributed by atoms with Gasteiger partial charge in [0, 0.05) is 16.8 Å². The van der Waals surface area contributed by atoms with Crippen molar-refractivity contribution in [1.82, 2.24) is 0 Å². The molecule has 0 fully saturated rings. The Kier molecular flexibility index (Phi) is 5.60. The molecule has 1 aliphatic rings. The molecule has 0 spiro atoms. The molecule has 1 N–H and O–H groups in total. The Morgan fingerprint density at radius 3 is 2.74 bits per heavy atom. The number of fused-ring (bicyclic) bond motifs is 1. The van der Waals surface area contributed by atoms with Crippen molar-refractivity contribution >= 4 is 29.2 Å². The normalized spacial score (nSPS) is 16.7. The third-order valence-corrected chi connectivity index (χ3v) is 4.35. The van der Waals surface area contributed by atoms with E-state index in [1.54, 1.807) is 18.2 Å². The molecule has 2 atom stereocenters. The molecular formula is C19H16ClF2NO4. The fourth-order valence-electron chi connectivity index (χ4n) is 2.66. The standard InChI is InChI=1S/C19H16ClF2NO4/c1-10(18(24)23-14-3-4-15(21)16(22)8-14)27-19(25)12-6-11-7-13(20)2-5-17(11)26-9-12/h2-5,7-8,10,12H,6,9H2,1H3,(H,23,24)/t10-,12+/m1/s1. The number of benzene rings is 2. The van der Waals surface area contributed by atoms with Gasteiger partial charge in [0.05, 0.1) is 5.92 Å². The fourth-order valence-corrected chi connectivity index (χ4v) is 2.85. The lowest BCUT2D eigenvalue weighted by molar-refractivity contribution is -0.158. The SMILES string of the molecule is C[C@@H](OC(=O)[C@@H]1COc2ccc(Cl)cc2C1)C(=O)Nc1ccc(F)c(F)c1. The molecule has 142 valence electrons. The summed E-state index contributed by atoms with van der Waals surface area (Å²) in [6.07, 6.45) is -0.738. The van der Waals surface area contributed by atoms with E-state index in [1.807, 2.05) is 0 Å². The number of anilines is 1. The number of halogens is 3. The number of amides is 1. The summed E-state index contributed by atoms with van der Waals surface area (Å²) in [4.78, 5) is 24.5. The van der Waals surface area contributed by atoms with Crippen molar-refractivity contribution in [3.8, 4) is 5.75 Å². The molecule has 0 saturated heterocycles. The second-order valence-corrected chi connectivity index (χ2v) is 6.60. The van der Waals surface area contributed by atoms with Gasteiger partial charge in [-0.2, -0.15) is 0 Å². The van der Waals surface area contributed by atoms with Crippen molar-refractivity contribution < 1.29 is 27.8 Å². The predicted octanol–water partition coefficient (Wildman–Crippen LogP) is 3.74. The second-order valence-electron chi connectivity index (χ2n) is 6.16. The van der Waals surface area contributed by atoms with Gasteiger partial charge in [0.25, 0.3) is 5.91 Å². The summed E-state index contributed by atoms with van der Waals surface area (Å²) in [6.45, 7) is 1.52. The molecule has 27 heavy (non-hydrogen) atoms. The highest BCUT2D eigenvalue weighted by atomic mass is 35.5. The summed E-state index contributed by atoms with van der Waals surface area (Å²) in [5.41, 5.74) is 0.848. The monoisotopic (exact) mass is 395 g/mol. The van der Waals surface area contributed by atoms with E-state index in [9.17, 15) is 18.4 Å². The largest absolute Gasteiger partial charge is 0.492 e. The van der Waals surface area contributed by atoms with Crippen molar-refractivity contribution in [2.24, 2.45) is 5.92 Å². The summed E-state index contributed by atoms with van der Waals surface area (Å²) in [5, 5.41) is 2.90. The Labute approximate surface area is 159 Å². The zero-order valence-corrected chi connectivity index (χ0v) is 15.1. The number of ether oxygens (including phenoxy) is 2. The Balaban J connectivity index is 1.58.